The second-order valence-electron chi connectivity index (χ2n) is 7.46. The van der Waals surface area contributed by atoms with Crippen molar-refractivity contribution >= 4 is 16.3 Å². The van der Waals surface area contributed by atoms with E-state index >= 15 is 0 Å². The van der Waals surface area contributed by atoms with Crippen LogP contribution < -0.4 is 4.74 Å². The van der Waals surface area contributed by atoms with E-state index in [4.69, 9.17) is 19.6 Å². The molecular formula is C23H24N4O2S. The number of rotatable bonds is 6. The molecule has 0 saturated carbocycles. The van der Waals surface area contributed by atoms with Crippen molar-refractivity contribution in [2.45, 2.75) is 20.1 Å². The van der Waals surface area contributed by atoms with E-state index in [1.54, 1.807) is 11.3 Å². The number of aryl methyl sites for hydroxylation is 1. The lowest BCUT2D eigenvalue weighted by Crippen LogP contribution is -2.36. The standard InChI is InChI=1S/C23H24N4O2S/c1-17-6-5-9-19(14-17)29-16-21-25-27-20(15-26-10-12-28-13-11-26)22(24-23(27)30-21)18-7-3-2-4-8-18/h2-9,14H,10-13,15-16H2,1H3. The van der Waals surface area contributed by atoms with Crippen LogP contribution in [-0.4, -0.2) is 45.8 Å². The molecule has 30 heavy (non-hydrogen) atoms. The van der Waals surface area contributed by atoms with Crippen molar-refractivity contribution in [2.24, 2.45) is 0 Å². The Kier molecular flexibility index (Phi) is 5.48. The third-order valence-electron chi connectivity index (χ3n) is 5.21. The zero-order valence-electron chi connectivity index (χ0n) is 17.0. The number of ether oxygens (including phenoxy) is 2. The zero-order valence-corrected chi connectivity index (χ0v) is 17.8. The summed E-state index contributed by atoms with van der Waals surface area (Å²) in [4.78, 5) is 8.25. The molecule has 1 fully saturated rings. The summed E-state index contributed by atoms with van der Waals surface area (Å²) >= 11 is 1.58. The summed E-state index contributed by atoms with van der Waals surface area (Å²) in [6.07, 6.45) is 0. The van der Waals surface area contributed by atoms with Gasteiger partial charge in [-0.3, -0.25) is 4.90 Å². The van der Waals surface area contributed by atoms with Crippen LogP contribution in [0.25, 0.3) is 16.2 Å². The third kappa shape index (κ3) is 4.09. The van der Waals surface area contributed by atoms with Gasteiger partial charge in [0.15, 0.2) is 5.01 Å². The van der Waals surface area contributed by atoms with Crippen LogP contribution in [0.2, 0.25) is 0 Å². The maximum Gasteiger partial charge on any atom is 0.213 e. The van der Waals surface area contributed by atoms with Gasteiger partial charge < -0.3 is 9.47 Å². The molecule has 0 aliphatic carbocycles. The molecule has 0 atom stereocenters. The van der Waals surface area contributed by atoms with Gasteiger partial charge in [0.25, 0.3) is 0 Å². The molecule has 5 rings (SSSR count). The fraction of sp³-hybridized carbons (Fsp3) is 0.304. The summed E-state index contributed by atoms with van der Waals surface area (Å²) in [6, 6.07) is 18.4. The van der Waals surface area contributed by atoms with Gasteiger partial charge in [0, 0.05) is 25.2 Å². The van der Waals surface area contributed by atoms with Gasteiger partial charge in [-0.15, -0.1) is 0 Å². The molecule has 0 radical (unpaired) electrons. The Bertz CT molecular complexity index is 1130. The van der Waals surface area contributed by atoms with Crippen molar-refractivity contribution in [3.8, 4) is 17.0 Å². The summed E-state index contributed by atoms with van der Waals surface area (Å²) in [7, 11) is 0. The Hall–Kier alpha value is -2.74. The van der Waals surface area contributed by atoms with E-state index in [-0.39, 0.29) is 0 Å². The maximum atomic E-state index is 5.96. The van der Waals surface area contributed by atoms with Crippen molar-refractivity contribution < 1.29 is 9.47 Å². The largest absolute Gasteiger partial charge is 0.486 e. The quantitative estimate of drug-likeness (QED) is 0.468. The Morgan fingerprint density at radius 3 is 2.70 bits per heavy atom. The van der Waals surface area contributed by atoms with Crippen molar-refractivity contribution in [2.75, 3.05) is 26.3 Å². The van der Waals surface area contributed by atoms with Gasteiger partial charge in [0.2, 0.25) is 4.96 Å². The molecule has 0 N–H and O–H groups in total. The van der Waals surface area contributed by atoms with E-state index in [9.17, 15) is 0 Å². The highest BCUT2D eigenvalue weighted by Gasteiger charge is 2.21. The first-order valence-corrected chi connectivity index (χ1v) is 11.0. The van der Waals surface area contributed by atoms with E-state index in [0.29, 0.717) is 6.61 Å². The normalized spacial score (nSPS) is 15.0. The predicted molar refractivity (Wildman–Crippen MR) is 118 cm³/mol. The fourth-order valence-corrected chi connectivity index (χ4v) is 4.50. The lowest BCUT2D eigenvalue weighted by atomic mass is 10.1. The van der Waals surface area contributed by atoms with E-state index in [2.05, 4.69) is 42.2 Å². The maximum absolute atomic E-state index is 5.96. The number of morpholine rings is 1. The lowest BCUT2D eigenvalue weighted by Gasteiger charge is -2.26. The zero-order chi connectivity index (χ0) is 20.3. The molecule has 6 nitrogen and oxygen atoms in total. The Balaban J connectivity index is 1.45. The SMILES string of the molecule is Cc1cccc(OCc2nn3c(CN4CCOCC4)c(-c4ccccc4)nc3s2)c1. The van der Waals surface area contributed by atoms with E-state index in [0.717, 1.165) is 65.5 Å². The van der Waals surface area contributed by atoms with Crippen molar-refractivity contribution in [3.63, 3.8) is 0 Å². The molecule has 3 heterocycles. The number of hydrogen-bond acceptors (Lipinski definition) is 6. The van der Waals surface area contributed by atoms with Gasteiger partial charge >= 0.3 is 0 Å². The summed E-state index contributed by atoms with van der Waals surface area (Å²) in [5.41, 5.74) is 4.43. The topological polar surface area (TPSA) is 51.9 Å². The second kappa shape index (κ2) is 8.55. The highest BCUT2D eigenvalue weighted by molar-refractivity contribution is 7.16. The lowest BCUT2D eigenvalue weighted by molar-refractivity contribution is 0.0335. The fourth-order valence-electron chi connectivity index (χ4n) is 3.68. The number of hydrogen-bond donors (Lipinski definition) is 0. The van der Waals surface area contributed by atoms with Crippen LogP contribution in [-0.2, 0) is 17.9 Å². The monoisotopic (exact) mass is 420 g/mol. The van der Waals surface area contributed by atoms with Gasteiger partial charge in [-0.2, -0.15) is 5.10 Å². The molecular weight excluding hydrogens is 396 g/mol. The number of fused-ring (bicyclic) bond motifs is 1. The molecule has 1 saturated heterocycles. The van der Waals surface area contributed by atoms with Crippen molar-refractivity contribution in [1.29, 1.82) is 0 Å². The minimum atomic E-state index is 0.440. The second-order valence-corrected chi connectivity index (χ2v) is 8.50. The van der Waals surface area contributed by atoms with Crippen molar-refractivity contribution in [1.82, 2.24) is 19.5 Å². The Morgan fingerprint density at radius 2 is 1.90 bits per heavy atom. The minimum Gasteiger partial charge on any atom is -0.486 e. The van der Waals surface area contributed by atoms with Crippen LogP contribution in [0.3, 0.4) is 0 Å². The average molecular weight is 421 g/mol. The summed E-state index contributed by atoms with van der Waals surface area (Å²) < 4.78 is 13.5. The van der Waals surface area contributed by atoms with Crippen LogP contribution in [0, 0.1) is 6.92 Å². The van der Waals surface area contributed by atoms with Gasteiger partial charge in [-0.05, 0) is 24.6 Å². The number of aromatic nitrogens is 3. The first kappa shape index (κ1) is 19.2. The molecule has 0 amide bonds. The first-order chi connectivity index (χ1) is 14.8. The summed E-state index contributed by atoms with van der Waals surface area (Å²) in [6.45, 7) is 6.70. The Labute approximate surface area is 179 Å². The predicted octanol–water partition coefficient (Wildman–Crippen LogP) is 4.18. The molecule has 154 valence electrons. The van der Waals surface area contributed by atoms with Gasteiger partial charge in [0.05, 0.1) is 24.6 Å². The number of imidazole rings is 1. The molecule has 1 aliphatic rings. The van der Waals surface area contributed by atoms with Gasteiger partial charge in [-0.25, -0.2) is 9.50 Å². The van der Waals surface area contributed by atoms with Gasteiger partial charge in [-0.1, -0.05) is 53.8 Å². The number of nitrogens with zero attached hydrogens (tertiary/aromatic N) is 4. The van der Waals surface area contributed by atoms with Crippen LogP contribution >= 0.6 is 11.3 Å². The molecule has 2 aromatic carbocycles. The molecule has 0 spiro atoms. The minimum absolute atomic E-state index is 0.440. The Morgan fingerprint density at radius 1 is 1.07 bits per heavy atom. The smallest absolute Gasteiger partial charge is 0.213 e. The highest BCUT2D eigenvalue weighted by atomic mass is 32.1. The van der Waals surface area contributed by atoms with Gasteiger partial charge in [0.1, 0.15) is 12.4 Å². The summed E-state index contributed by atoms with van der Waals surface area (Å²) in [5, 5.41) is 5.77. The third-order valence-corrected chi connectivity index (χ3v) is 6.10. The molecule has 0 unspecified atom stereocenters. The summed E-state index contributed by atoms with van der Waals surface area (Å²) in [5.74, 6) is 0.862. The first-order valence-electron chi connectivity index (χ1n) is 10.2. The van der Waals surface area contributed by atoms with Crippen LogP contribution in [0.15, 0.2) is 54.6 Å². The van der Waals surface area contributed by atoms with E-state index < -0.39 is 0 Å². The molecule has 7 heteroatoms. The van der Waals surface area contributed by atoms with Crippen LogP contribution in [0.5, 0.6) is 5.75 Å². The number of benzene rings is 2. The molecule has 0 bridgehead atoms. The van der Waals surface area contributed by atoms with E-state index in [1.807, 2.05) is 28.8 Å². The van der Waals surface area contributed by atoms with Crippen molar-refractivity contribution in [3.05, 3.63) is 70.9 Å². The highest BCUT2D eigenvalue weighted by Crippen LogP contribution is 2.28. The molecule has 1 aliphatic heterocycles. The molecule has 4 aromatic rings. The average Bonchev–Trinajstić information content (AvgIpc) is 3.32. The van der Waals surface area contributed by atoms with Crippen LogP contribution in [0.1, 0.15) is 16.3 Å². The molecule has 2 aromatic heterocycles. The van der Waals surface area contributed by atoms with E-state index in [1.165, 1.54) is 5.56 Å². The van der Waals surface area contributed by atoms with Crippen LogP contribution in [0.4, 0.5) is 0 Å².